The normalized spacial score (nSPS) is 32.9. The number of fused-ring (bicyclic) bond motifs is 1. The van der Waals surface area contributed by atoms with Crippen LogP contribution in [0.4, 0.5) is 0 Å². The van der Waals surface area contributed by atoms with Gasteiger partial charge in [0.25, 0.3) is 10.1 Å². The first-order valence-electron chi connectivity index (χ1n) is 7.33. The highest BCUT2D eigenvalue weighted by atomic mass is 32.2. The van der Waals surface area contributed by atoms with Crippen LogP contribution in [0.2, 0.25) is 0 Å². The molecule has 0 spiro atoms. The Morgan fingerprint density at radius 3 is 2.48 bits per heavy atom. The standard InChI is InChI=1S/C15H20O7S/c1-9-4-6-10(7-5-9)23(17,18)19-8-11-12(16)13-14(20-11)22-15(2,3)21-13/h4-7,11-14,16H,8H2,1-3H3/t11-,12+,13-,14-/m1/s1. The fraction of sp³-hybridized carbons (Fsp3) is 0.600. The number of hydrogen-bond donors (Lipinski definition) is 1. The van der Waals surface area contributed by atoms with Gasteiger partial charge in [0, 0.05) is 0 Å². The molecular weight excluding hydrogens is 324 g/mol. The lowest BCUT2D eigenvalue weighted by atomic mass is 10.1. The molecule has 0 aromatic heterocycles. The summed E-state index contributed by atoms with van der Waals surface area (Å²) in [4.78, 5) is 0.0596. The summed E-state index contributed by atoms with van der Waals surface area (Å²) in [7, 11) is -3.91. The molecule has 2 saturated heterocycles. The average Bonchev–Trinajstić information content (AvgIpc) is 2.91. The lowest BCUT2D eigenvalue weighted by Crippen LogP contribution is -2.37. The van der Waals surface area contributed by atoms with E-state index in [0.717, 1.165) is 5.56 Å². The minimum atomic E-state index is -3.91. The summed E-state index contributed by atoms with van der Waals surface area (Å²) in [6.45, 7) is 4.99. The summed E-state index contributed by atoms with van der Waals surface area (Å²) in [5, 5.41) is 10.2. The fourth-order valence-corrected chi connectivity index (χ4v) is 3.54. The number of hydrogen-bond acceptors (Lipinski definition) is 7. The quantitative estimate of drug-likeness (QED) is 0.813. The zero-order valence-electron chi connectivity index (χ0n) is 13.1. The molecule has 0 unspecified atom stereocenters. The zero-order chi connectivity index (χ0) is 16.8. The molecule has 7 nitrogen and oxygen atoms in total. The fourth-order valence-electron chi connectivity index (χ4n) is 2.63. The second-order valence-electron chi connectivity index (χ2n) is 6.19. The van der Waals surface area contributed by atoms with Crippen LogP contribution < -0.4 is 0 Å². The maximum absolute atomic E-state index is 12.1. The van der Waals surface area contributed by atoms with Crippen LogP contribution in [0.3, 0.4) is 0 Å². The van der Waals surface area contributed by atoms with E-state index < -0.39 is 40.5 Å². The van der Waals surface area contributed by atoms with E-state index >= 15 is 0 Å². The third kappa shape index (κ3) is 3.42. The highest BCUT2D eigenvalue weighted by Crippen LogP contribution is 2.37. The molecular formula is C15H20O7S. The van der Waals surface area contributed by atoms with Gasteiger partial charge in [-0.05, 0) is 32.9 Å². The van der Waals surface area contributed by atoms with Crippen molar-refractivity contribution in [1.29, 1.82) is 0 Å². The second kappa shape index (κ2) is 5.80. The van der Waals surface area contributed by atoms with Crippen molar-refractivity contribution in [2.75, 3.05) is 6.61 Å². The van der Waals surface area contributed by atoms with Crippen molar-refractivity contribution in [2.24, 2.45) is 0 Å². The molecule has 2 aliphatic heterocycles. The molecule has 23 heavy (non-hydrogen) atoms. The lowest BCUT2D eigenvalue weighted by Gasteiger charge is -2.22. The van der Waals surface area contributed by atoms with Gasteiger partial charge in [0.05, 0.1) is 11.5 Å². The topological polar surface area (TPSA) is 91.3 Å². The van der Waals surface area contributed by atoms with Crippen LogP contribution in [0.5, 0.6) is 0 Å². The molecule has 1 aromatic rings. The van der Waals surface area contributed by atoms with Crippen molar-refractivity contribution < 1.29 is 31.9 Å². The van der Waals surface area contributed by atoms with Crippen molar-refractivity contribution >= 4 is 10.1 Å². The molecule has 4 atom stereocenters. The second-order valence-corrected chi connectivity index (χ2v) is 7.80. The summed E-state index contributed by atoms with van der Waals surface area (Å²) >= 11 is 0. The van der Waals surface area contributed by atoms with Gasteiger partial charge in [0.15, 0.2) is 12.1 Å². The highest BCUT2D eigenvalue weighted by Gasteiger charge is 2.54. The molecule has 0 radical (unpaired) electrons. The summed E-state index contributed by atoms with van der Waals surface area (Å²) in [5.74, 6) is -0.837. The Kier molecular flexibility index (Phi) is 4.24. The van der Waals surface area contributed by atoms with Gasteiger partial charge in [-0.3, -0.25) is 4.18 Å². The monoisotopic (exact) mass is 344 g/mol. The van der Waals surface area contributed by atoms with Gasteiger partial charge in [-0.25, -0.2) is 0 Å². The first-order chi connectivity index (χ1) is 10.7. The molecule has 2 aliphatic rings. The largest absolute Gasteiger partial charge is 0.387 e. The average molecular weight is 344 g/mol. The Bertz CT molecular complexity index is 668. The predicted octanol–water partition coefficient (Wildman–Crippen LogP) is 0.938. The molecule has 0 amide bonds. The van der Waals surface area contributed by atoms with Crippen molar-refractivity contribution in [3.05, 3.63) is 29.8 Å². The minimum absolute atomic E-state index is 0.0596. The number of ether oxygens (including phenoxy) is 3. The molecule has 2 heterocycles. The van der Waals surface area contributed by atoms with E-state index in [2.05, 4.69) is 0 Å². The summed E-state index contributed by atoms with van der Waals surface area (Å²) in [6, 6.07) is 6.32. The maximum atomic E-state index is 12.1. The van der Waals surface area contributed by atoms with E-state index in [1.54, 1.807) is 26.0 Å². The molecule has 0 aliphatic carbocycles. The van der Waals surface area contributed by atoms with Gasteiger partial charge in [-0.15, -0.1) is 0 Å². The van der Waals surface area contributed by atoms with Crippen LogP contribution in [0.1, 0.15) is 19.4 Å². The van der Waals surface area contributed by atoms with Crippen LogP contribution in [0.15, 0.2) is 29.2 Å². The van der Waals surface area contributed by atoms with Crippen molar-refractivity contribution in [1.82, 2.24) is 0 Å². The molecule has 1 N–H and O–H groups in total. The van der Waals surface area contributed by atoms with Gasteiger partial charge >= 0.3 is 0 Å². The Labute approximate surface area is 135 Å². The van der Waals surface area contributed by atoms with Gasteiger partial charge in [0.1, 0.15) is 18.3 Å². The first-order valence-corrected chi connectivity index (χ1v) is 8.74. The van der Waals surface area contributed by atoms with Crippen LogP contribution in [-0.4, -0.2) is 50.5 Å². The molecule has 3 rings (SSSR count). The van der Waals surface area contributed by atoms with E-state index in [9.17, 15) is 13.5 Å². The van der Waals surface area contributed by atoms with Gasteiger partial charge in [0.2, 0.25) is 0 Å². The van der Waals surface area contributed by atoms with E-state index in [0.29, 0.717) is 0 Å². The number of aryl methyl sites for hydroxylation is 1. The van der Waals surface area contributed by atoms with Gasteiger partial charge < -0.3 is 19.3 Å². The van der Waals surface area contributed by atoms with E-state index in [1.807, 2.05) is 6.92 Å². The number of aliphatic hydroxyl groups excluding tert-OH is 1. The van der Waals surface area contributed by atoms with Crippen molar-refractivity contribution in [3.8, 4) is 0 Å². The van der Waals surface area contributed by atoms with Crippen molar-refractivity contribution in [2.45, 2.75) is 56.1 Å². The van der Waals surface area contributed by atoms with Crippen LogP contribution in [0, 0.1) is 6.92 Å². The predicted molar refractivity (Wildman–Crippen MR) is 79.0 cm³/mol. The number of rotatable bonds is 4. The molecule has 128 valence electrons. The molecule has 0 bridgehead atoms. The number of aliphatic hydroxyl groups is 1. The maximum Gasteiger partial charge on any atom is 0.297 e. The van der Waals surface area contributed by atoms with Crippen molar-refractivity contribution in [3.63, 3.8) is 0 Å². The van der Waals surface area contributed by atoms with Crippen LogP contribution in [-0.2, 0) is 28.5 Å². The summed E-state index contributed by atoms with van der Waals surface area (Å²) in [6.07, 6.45) is -3.23. The van der Waals surface area contributed by atoms with E-state index in [4.69, 9.17) is 18.4 Å². The molecule has 0 saturated carbocycles. The molecule has 2 fully saturated rings. The molecule has 8 heteroatoms. The lowest BCUT2D eigenvalue weighted by molar-refractivity contribution is -0.217. The van der Waals surface area contributed by atoms with E-state index in [-0.39, 0.29) is 11.5 Å². The molecule has 1 aromatic carbocycles. The van der Waals surface area contributed by atoms with Crippen LogP contribution >= 0.6 is 0 Å². The Morgan fingerprint density at radius 2 is 1.87 bits per heavy atom. The third-order valence-electron chi connectivity index (χ3n) is 3.81. The Balaban J connectivity index is 1.62. The first kappa shape index (κ1) is 16.8. The Hall–Kier alpha value is -1.03. The van der Waals surface area contributed by atoms with Gasteiger partial charge in [-0.1, -0.05) is 17.7 Å². The summed E-state index contributed by atoms with van der Waals surface area (Å²) in [5.41, 5.74) is 0.947. The minimum Gasteiger partial charge on any atom is -0.387 e. The van der Waals surface area contributed by atoms with Crippen LogP contribution in [0.25, 0.3) is 0 Å². The highest BCUT2D eigenvalue weighted by molar-refractivity contribution is 7.86. The number of benzene rings is 1. The zero-order valence-corrected chi connectivity index (χ0v) is 13.9. The van der Waals surface area contributed by atoms with E-state index in [1.165, 1.54) is 12.1 Å². The SMILES string of the molecule is Cc1ccc(S(=O)(=O)OC[C@H]2O[C@@H]3OC(C)(C)O[C@@H]3[C@H]2O)cc1. The summed E-state index contributed by atoms with van der Waals surface area (Å²) < 4.78 is 45.8. The third-order valence-corrected chi connectivity index (χ3v) is 5.11. The Morgan fingerprint density at radius 1 is 1.22 bits per heavy atom. The smallest absolute Gasteiger partial charge is 0.297 e. The van der Waals surface area contributed by atoms with Gasteiger partial charge in [-0.2, -0.15) is 8.42 Å².